The van der Waals surface area contributed by atoms with Gasteiger partial charge in [0.1, 0.15) is 0 Å². The second kappa shape index (κ2) is 10.2. The van der Waals surface area contributed by atoms with Gasteiger partial charge in [-0.05, 0) is 12.8 Å². The van der Waals surface area contributed by atoms with Crippen LogP contribution in [-0.4, -0.2) is 71.6 Å². The van der Waals surface area contributed by atoms with E-state index in [4.69, 9.17) is 9.11 Å². The average molecular weight is 524 g/mol. The van der Waals surface area contributed by atoms with Crippen LogP contribution in [0.4, 0.5) is 0 Å². The van der Waals surface area contributed by atoms with Crippen molar-refractivity contribution in [2.75, 3.05) is 0 Å². The van der Waals surface area contributed by atoms with Gasteiger partial charge >= 0.3 is 23.8 Å². The van der Waals surface area contributed by atoms with E-state index in [1.165, 1.54) is 0 Å². The molecule has 2 rings (SSSR count). The second-order valence-corrected chi connectivity index (χ2v) is 9.46. The summed E-state index contributed by atoms with van der Waals surface area (Å²) in [6.07, 6.45) is 1.05. The molecule has 0 saturated carbocycles. The van der Waals surface area contributed by atoms with Crippen molar-refractivity contribution in [2.45, 2.75) is 38.5 Å². The lowest BCUT2D eigenvalue weighted by Crippen LogP contribution is -2.34. The van der Waals surface area contributed by atoms with Crippen molar-refractivity contribution in [3.8, 4) is 0 Å². The molecule has 0 aromatic heterocycles. The third kappa shape index (κ3) is 6.53. The Balaban J connectivity index is 1.66. The fraction of sp³-hybridized carbons (Fsp3) is 0.375. The second-order valence-electron chi connectivity index (χ2n) is 6.68. The predicted molar refractivity (Wildman–Crippen MR) is 103 cm³/mol. The van der Waals surface area contributed by atoms with Gasteiger partial charge in [0.2, 0.25) is 0 Å². The molecule has 2 N–H and O–H groups in total. The molecule has 2 heterocycles. The highest BCUT2D eigenvalue weighted by Crippen LogP contribution is 2.20. The van der Waals surface area contributed by atoms with Gasteiger partial charge in [-0.1, -0.05) is 23.0 Å². The van der Waals surface area contributed by atoms with Gasteiger partial charge in [0, 0.05) is 25.0 Å². The molecule has 0 atom stereocenters. The molecule has 4 amide bonds. The summed E-state index contributed by atoms with van der Waals surface area (Å²) < 4.78 is 61.5. The number of carbonyl (C=O) groups is 6. The van der Waals surface area contributed by atoms with Crippen LogP contribution in [0.15, 0.2) is 22.0 Å². The first-order valence-electron chi connectivity index (χ1n) is 9.19. The molecule has 2 aliphatic heterocycles. The first-order valence-corrected chi connectivity index (χ1v) is 12.1. The summed E-state index contributed by atoms with van der Waals surface area (Å²) in [7, 11) is -9.94. The van der Waals surface area contributed by atoms with Crippen molar-refractivity contribution in [1.82, 2.24) is 10.1 Å². The van der Waals surface area contributed by atoms with E-state index in [0.717, 1.165) is 0 Å². The van der Waals surface area contributed by atoms with Crippen LogP contribution in [0.3, 0.4) is 0 Å². The first kappa shape index (κ1) is 26.8. The highest BCUT2D eigenvalue weighted by molar-refractivity contribution is 7.91. The number of imide groups is 2. The number of hydroxylamine groups is 4. The molecule has 0 fully saturated rings. The Hall–Kier alpha value is -3.48. The lowest BCUT2D eigenvalue weighted by Gasteiger charge is -2.13. The maximum Gasteiger partial charge on any atom is 0.333 e. The normalized spacial score (nSPS) is 16.6. The number of hydrogen-bond donors (Lipinski definition) is 2. The van der Waals surface area contributed by atoms with E-state index in [0.29, 0.717) is 25.0 Å². The van der Waals surface area contributed by atoms with Gasteiger partial charge in [0.05, 0.1) is 0 Å². The van der Waals surface area contributed by atoms with Crippen LogP contribution >= 0.6 is 0 Å². The van der Waals surface area contributed by atoms with Gasteiger partial charge in [0.15, 0.2) is 9.81 Å². The average Bonchev–Trinajstić information content (AvgIpc) is 3.15. The minimum atomic E-state index is -4.97. The molecule has 34 heavy (non-hydrogen) atoms. The molecular formula is C16H16N2O14S2. The van der Waals surface area contributed by atoms with Crippen molar-refractivity contribution < 1.29 is 64.4 Å². The van der Waals surface area contributed by atoms with E-state index >= 15 is 0 Å². The maximum atomic E-state index is 11.7. The highest BCUT2D eigenvalue weighted by atomic mass is 32.2. The topological polar surface area (TPSA) is 236 Å². The Morgan fingerprint density at radius 1 is 0.676 bits per heavy atom. The van der Waals surface area contributed by atoms with Crippen LogP contribution in [-0.2, 0) is 58.7 Å². The van der Waals surface area contributed by atoms with Crippen molar-refractivity contribution in [2.24, 2.45) is 0 Å². The molecule has 18 heteroatoms. The summed E-state index contributed by atoms with van der Waals surface area (Å²) >= 11 is 0. The van der Waals surface area contributed by atoms with Gasteiger partial charge in [-0.2, -0.15) is 16.8 Å². The van der Waals surface area contributed by atoms with E-state index in [-0.39, 0.29) is 35.8 Å². The Bertz CT molecular complexity index is 1130. The van der Waals surface area contributed by atoms with E-state index in [2.05, 4.69) is 9.68 Å². The molecule has 0 bridgehead atoms. The largest absolute Gasteiger partial charge is 0.333 e. The molecular weight excluding hydrogens is 508 g/mol. The molecule has 186 valence electrons. The van der Waals surface area contributed by atoms with Crippen LogP contribution in [0.1, 0.15) is 38.5 Å². The molecule has 0 saturated heterocycles. The minimum Gasteiger partial charge on any atom is -0.330 e. The van der Waals surface area contributed by atoms with Crippen LogP contribution in [0, 0.1) is 0 Å². The zero-order chi connectivity index (χ0) is 25.8. The number of nitrogens with zero attached hydrogens (tertiary/aromatic N) is 2. The molecule has 0 aromatic carbocycles. The summed E-state index contributed by atoms with van der Waals surface area (Å²) in [5.41, 5.74) is 0. The lowest BCUT2D eigenvalue weighted by atomic mass is 10.1. The standard InChI is InChI=1S/C16H16N2O14S2/c19-11-7-9(33(25,26)27)15(23)17(11)31-13(21)5-3-1-2-4-6-14(22)32-18-12(20)8-10(16(18)24)34(28,29)30/h7-8H,1-6H2,(H,25,26,27)(H,28,29,30). The van der Waals surface area contributed by atoms with Gasteiger partial charge < -0.3 is 9.68 Å². The van der Waals surface area contributed by atoms with Crippen molar-refractivity contribution in [3.05, 3.63) is 22.0 Å². The molecule has 0 unspecified atom stereocenters. The van der Waals surface area contributed by atoms with E-state index in [1.807, 2.05) is 0 Å². The van der Waals surface area contributed by atoms with E-state index in [1.54, 1.807) is 0 Å². The van der Waals surface area contributed by atoms with Crippen LogP contribution in [0.25, 0.3) is 0 Å². The SMILES string of the molecule is O=C(CCCCCCC(=O)ON1C(=O)C=C(S(=O)(=O)O)C1=O)ON1C(=O)C=C(S(=O)(=O)O)C1=O. The zero-order valence-corrected chi connectivity index (χ0v) is 18.5. The van der Waals surface area contributed by atoms with Gasteiger partial charge in [0.25, 0.3) is 32.1 Å². The first-order chi connectivity index (χ1) is 15.6. The smallest absolute Gasteiger partial charge is 0.330 e. The Labute approximate surface area is 191 Å². The predicted octanol–water partition coefficient (Wildman–Crippen LogP) is -1.48. The molecule has 0 aromatic rings. The number of hydrogen-bond acceptors (Lipinski definition) is 12. The number of rotatable bonds is 11. The Morgan fingerprint density at radius 3 is 1.26 bits per heavy atom. The van der Waals surface area contributed by atoms with Crippen molar-refractivity contribution >= 4 is 55.8 Å². The number of unbranched alkanes of at least 4 members (excludes halogenated alkanes) is 3. The molecule has 0 radical (unpaired) electrons. The molecule has 0 aliphatic carbocycles. The lowest BCUT2D eigenvalue weighted by molar-refractivity contribution is -0.196. The van der Waals surface area contributed by atoms with Crippen LogP contribution in [0.2, 0.25) is 0 Å². The number of amides is 4. The fourth-order valence-corrected chi connectivity index (χ4v) is 3.70. The van der Waals surface area contributed by atoms with Crippen LogP contribution < -0.4 is 0 Å². The third-order valence-corrected chi connectivity index (χ3v) is 5.85. The fourth-order valence-electron chi connectivity index (χ4n) is 2.59. The van der Waals surface area contributed by atoms with Crippen molar-refractivity contribution in [3.63, 3.8) is 0 Å². The van der Waals surface area contributed by atoms with Crippen LogP contribution in [0.5, 0.6) is 0 Å². The van der Waals surface area contributed by atoms with E-state index < -0.39 is 65.6 Å². The maximum absolute atomic E-state index is 11.7. The van der Waals surface area contributed by atoms with Crippen molar-refractivity contribution in [1.29, 1.82) is 0 Å². The summed E-state index contributed by atoms with van der Waals surface area (Å²) in [4.78, 5) is 76.4. The molecule has 16 nitrogen and oxygen atoms in total. The minimum absolute atomic E-state index is 0.106. The molecule has 2 aliphatic rings. The number of carbonyl (C=O) groups excluding carboxylic acids is 6. The summed E-state index contributed by atoms with van der Waals surface area (Å²) in [5.74, 6) is -7.66. The van der Waals surface area contributed by atoms with Gasteiger partial charge in [-0.25, -0.2) is 9.59 Å². The third-order valence-electron chi connectivity index (χ3n) is 4.15. The summed E-state index contributed by atoms with van der Waals surface area (Å²) in [6, 6.07) is 0. The van der Waals surface area contributed by atoms with Gasteiger partial charge in [-0.15, -0.1) is 0 Å². The van der Waals surface area contributed by atoms with Gasteiger partial charge in [-0.3, -0.25) is 28.3 Å². The Kier molecular flexibility index (Phi) is 8.03. The summed E-state index contributed by atoms with van der Waals surface area (Å²) in [6.45, 7) is 0. The Morgan fingerprint density at radius 2 is 1.00 bits per heavy atom. The zero-order valence-electron chi connectivity index (χ0n) is 16.9. The quantitative estimate of drug-likeness (QED) is 0.178. The molecule has 0 spiro atoms. The summed E-state index contributed by atoms with van der Waals surface area (Å²) in [5, 5.41) is -0.213. The van der Waals surface area contributed by atoms with E-state index in [9.17, 15) is 45.6 Å². The highest BCUT2D eigenvalue weighted by Gasteiger charge is 2.41. The monoisotopic (exact) mass is 524 g/mol.